The summed E-state index contributed by atoms with van der Waals surface area (Å²) in [5.41, 5.74) is 3.51. The van der Waals surface area contributed by atoms with Crippen molar-refractivity contribution in [3.63, 3.8) is 0 Å². The first-order valence-corrected chi connectivity index (χ1v) is 6.64. The summed E-state index contributed by atoms with van der Waals surface area (Å²) in [6.07, 6.45) is 0. The Morgan fingerprint density at radius 3 is 2.33 bits per heavy atom. The van der Waals surface area contributed by atoms with Crippen LogP contribution in [0.25, 0.3) is 21.9 Å². The van der Waals surface area contributed by atoms with Crippen LogP contribution in [-0.4, -0.2) is 0 Å². The quantitative estimate of drug-likeness (QED) is 0.560. The van der Waals surface area contributed by atoms with Crippen molar-refractivity contribution >= 4 is 26.7 Å². The predicted molar refractivity (Wildman–Crippen MR) is 81.5 cm³/mol. The average Bonchev–Trinajstić information content (AvgIpc) is 2.44. The van der Waals surface area contributed by atoms with E-state index in [0.29, 0.717) is 0 Å². The van der Waals surface area contributed by atoms with Gasteiger partial charge >= 0.3 is 0 Å². The maximum absolute atomic E-state index is 4.00. The van der Waals surface area contributed by atoms with Crippen LogP contribution in [0.5, 0.6) is 0 Å². The molecule has 0 saturated carbocycles. The lowest BCUT2D eigenvalue weighted by molar-refractivity contribution is 1.60. The largest absolute Gasteiger partial charge is 0.0622 e. The molecule has 0 bridgehead atoms. The summed E-state index contributed by atoms with van der Waals surface area (Å²) < 4.78 is 1.08. The molecule has 0 aliphatic carbocycles. The van der Waals surface area contributed by atoms with Crippen LogP contribution in [0, 0.1) is 6.92 Å². The molecular weight excluding hydrogens is 284 g/mol. The van der Waals surface area contributed by atoms with Crippen molar-refractivity contribution in [2.75, 3.05) is 0 Å². The first-order valence-electron chi connectivity index (χ1n) is 5.85. The summed E-state index contributed by atoms with van der Waals surface area (Å²) in [5, 5.41) is 2.44. The molecule has 0 atom stereocenters. The van der Waals surface area contributed by atoms with E-state index >= 15 is 0 Å². The molecule has 0 aliphatic rings. The fourth-order valence-electron chi connectivity index (χ4n) is 2.15. The highest BCUT2D eigenvalue weighted by atomic mass is 79.9. The van der Waals surface area contributed by atoms with Crippen molar-refractivity contribution in [2.24, 2.45) is 0 Å². The average molecular weight is 296 g/mol. The van der Waals surface area contributed by atoms with Gasteiger partial charge < -0.3 is 0 Å². The van der Waals surface area contributed by atoms with Crippen molar-refractivity contribution in [3.8, 4) is 11.1 Å². The van der Waals surface area contributed by atoms with Gasteiger partial charge in [-0.1, -0.05) is 54.6 Å². The van der Waals surface area contributed by atoms with E-state index in [-0.39, 0.29) is 0 Å². The molecule has 87 valence electrons. The van der Waals surface area contributed by atoms with E-state index in [1.807, 2.05) is 12.1 Å². The lowest BCUT2D eigenvalue weighted by Crippen LogP contribution is -1.82. The lowest BCUT2D eigenvalue weighted by atomic mass is 10.0. The molecule has 1 heteroatoms. The zero-order valence-electron chi connectivity index (χ0n) is 9.86. The van der Waals surface area contributed by atoms with Gasteiger partial charge in [0.1, 0.15) is 0 Å². The summed E-state index contributed by atoms with van der Waals surface area (Å²) in [5.74, 6) is 0. The van der Waals surface area contributed by atoms with Crippen molar-refractivity contribution in [1.82, 2.24) is 0 Å². The first-order chi connectivity index (χ1) is 8.75. The number of benzene rings is 3. The van der Waals surface area contributed by atoms with Crippen LogP contribution < -0.4 is 0 Å². The Kier molecular flexibility index (Phi) is 2.92. The van der Waals surface area contributed by atoms with E-state index in [2.05, 4.69) is 71.4 Å². The first kappa shape index (κ1) is 11.5. The maximum Gasteiger partial charge on any atom is 0.0285 e. The van der Waals surface area contributed by atoms with Crippen LogP contribution in [0.4, 0.5) is 0 Å². The van der Waals surface area contributed by atoms with Gasteiger partial charge in [-0.3, -0.25) is 0 Å². The second-order valence-electron chi connectivity index (χ2n) is 4.34. The Labute approximate surface area is 115 Å². The fourth-order valence-corrected chi connectivity index (χ4v) is 2.64. The topological polar surface area (TPSA) is 0 Å². The van der Waals surface area contributed by atoms with Crippen molar-refractivity contribution < 1.29 is 0 Å². The highest BCUT2D eigenvalue weighted by Gasteiger charge is 2.03. The van der Waals surface area contributed by atoms with E-state index in [9.17, 15) is 0 Å². The monoisotopic (exact) mass is 295 g/mol. The number of halogens is 1. The number of hydrogen-bond acceptors (Lipinski definition) is 0. The van der Waals surface area contributed by atoms with Gasteiger partial charge in [0.2, 0.25) is 0 Å². The Bertz CT molecular complexity index is 699. The molecule has 0 amide bonds. The van der Waals surface area contributed by atoms with Gasteiger partial charge in [-0.15, -0.1) is 0 Å². The zero-order valence-corrected chi connectivity index (χ0v) is 11.4. The van der Waals surface area contributed by atoms with Crippen LogP contribution in [0.15, 0.2) is 65.1 Å². The van der Waals surface area contributed by atoms with Crippen molar-refractivity contribution in [3.05, 3.63) is 77.6 Å². The fraction of sp³-hybridized carbons (Fsp3) is 0. The highest BCUT2D eigenvalue weighted by molar-refractivity contribution is 9.10. The summed E-state index contributed by atoms with van der Waals surface area (Å²) in [6, 6.07) is 21.1. The molecule has 0 spiro atoms. The normalized spacial score (nSPS) is 10.8. The molecule has 0 N–H and O–H groups in total. The second-order valence-corrected chi connectivity index (χ2v) is 5.13. The third-order valence-electron chi connectivity index (χ3n) is 3.14. The molecule has 0 nitrogen and oxygen atoms in total. The molecule has 3 aromatic carbocycles. The minimum absolute atomic E-state index is 1.02. The molecule has 0 fully saturated rings. The van der Waals surface area contributed by atoms with Crippen LogP contribution >= 0.6 is 15.9 Å². The molecule has 0 heterocycles. The van der Waals surface area contributed by atoms with Gasteiger partial charge in [0, 0.05) is 4.47 Å². The highest BCUT2D eigenvalue weighted by Crippen LogP contribution is 2.30. The molecule has 0 aromatic heterocycles. The Balaban J connectivity index is 2.21. The SMILES string of the molecule is [CH2]c1ccc2cc(-c3ccccc3)ccc2c1Br. The third kappa shape index (κ3) is 1.95. The molecule has 0 aliphatic heterocycles. The molecule has 1 radical (unpaired) electrons. The van der Waals surface area contributed by atoms with Gasteiger partial charge in [0.05, 0.1) is 0 Å². The van der Waals surface area contributed by atoms with E-state index in [1.54, 1.807) is 0 Å². The number of rotatable bonds is 1. The second kappa shape index (κ2) is 4.58. The molecule has 18 heavy (non-hydrogen) atoms. The zero-order chi connectivity index (χ0) is 12.5. The summed E-state index contributed by atoms with van der Waals surface area (Å²) in [4.78, 5) is 0. The molecule has 3 aromatic rings. The molecule has 0 saturated heterocycles. The predicted octanol–water partition coefficient (Wildman–Crippen LogP) is 5.45. The van der Waals surface area contributed by atoms with Gasteiger partial charge in [0.25, 0.3) is 0 Å². The van der Waals surface area contributed by atoms with Crippen molar-refractivity contribution in [1.29, 1.82) is 0 Å². The van der Waals surface area contributed by atoms with Crippen LogP contribution in [-0.2, 0) is 0 Å². The Hall–Kier alpha value is -1.60. The Morgan fingerprint density at radius 1 is 0.778 bits per heavy atom. The van der Waals surface area contributed by atoms with E-state index in [4.69, 9.17) is 0 Å². The lowest BCUT2D eigenvalue weighted by Gasteiger charge is -2.07. The van der Waals surface area contributed by atoms with Crippen LogP contribution in [0.2, 0.25) is 0 Å². The third-order valence-corrected chi connectivity index (χ3v) is 4.08. The van der Waals surface area contributed by atoms with E-state index in [0.717, 1.165) is 10.0 Å². The minimum Gasteiger partial charge on any atom is -0.0622 e. The molecule has 0 unspecified atom stereocenters. The maximum atomic E-state index is 4.00. The van der Waals surface area contributed by atoms with Crippen LogP contribution in [0.1, 0.15) is 5.56 Å². The number of fused-ring (bicyclic) bond motifs is 1. The minimum atomic E-state index is 1.02. The number of hydrogen-bond donors (Lipinski definition) is 0. The smallest absolute Gasteiger partial charge is 0.0285 e. The summed E-state index contributed by atoms with van der Waals surface area (Å²) in [6.45, 7) is 4.00. The van der Waals surface area contributed by atoms with Crippen LogP contribution in [0.3, 0.4) is 0 Å². The summed E-state index contributed by atoms with van der Waals surface area (Å²) in [7, 11) is 0. The van der Waals surface area contributed by atoms with E-state index < -0.39 is 0 Å². The van der Waals surface area contributed by atoms with Crippen molar-refractivity contribution in [2.45, 2.75) is 0 Å². The summed E-state index contributed by atoms with van der Waals surface area (Å²) >= 11 is 3.60. The van der Waals surface area contributed by atoms with Gasteiger partial charge in [0.15, 0.2) is 0 Å². The molecular formula is C17H12Br. The van der Waals surface area contributed by atoms with Gasteiger partial charge in [-0.2, -0.15) is 0 Å². The molecule has 3 rings (SSSR count). The van der Waals surface area contributed by atoms with E-state index in [1.165, 1.54) is 21.9 Å². The standard InChI is InChI=1S/C17H12Br/c1-12-7-8-15-11-14(9-10-16(15)17(12)18)13-5-3-2-4-6-13/h2-11H,1H2. The van der Waals surface area contributed by atoms with Gasteiger partial charge in [-0.25, -0.2) is 0 Å². The Morgan fingerprint density at radius 2 is 1.56 bits per heavy atom. The van der Waals surface area contributed by atoms with Gasteiger partial charge in [-0.05, 0) is 56.4 Å².